The maximum absolute atomic E-state index is 2.46. The monoisotopic (exact) mass is 450 g/mol. The number of aryl methyl sites for hydroxylation is 3. The second-order valence-electron chi connectivity index (χ2n) is 10.2. The molecule has 5 aromatic rings. The lowest BCUT2D eigenvalue weighted by atomic mass is 9.90. The molecule has 0 bridgehead atoms. The van der Waals surface area contributed by atoms with Crippen molar-refractivity contribution in [3.63, 3.8) is 0 Å². The van der Waals surface area contributed by atoms with Crippen LogP contribution >= 0.6 is 11.8 Å². The first kappa shape index (κ1) is 20.0. The number of pyridine rings is 1. The summed E-state index contributed by atoms with van der Waals surface area (Å²) >= 11 is 1.97. The third kappa shape index (κ3) is 2.61. The van der Waals surface area contributed by atoms with Crippen LogP contribution in [0, 0.1) is 13.8 Å². The lowest BCUT2D eigenvalue weighted by Gasteiger charge is -2.26. The molecule has 158 valence electrons. The Bertz CT molecular complexity index is 1610. The Labute approximate surface area is 195 Å². The number of aromatic nitrogens is 1. The molecule has 1 aliphatic rings. The van der Waals surface area contributed by atoms with Crippen molar-refractivity contribution in [1.82, 2.24) is 0 Å². The minimum atomic E-state index is -1.50. The van der Waals surface area contributed by atoms with Gasteiger partial charge in [0.15, 0.2) is 6.20 Å². The average molecular weight is 451 g/mol. The van der Waals surface area contributed by atoms with Gasteiger partial charge in [0.25, 0.3) is 0 Å². The van der Waals surface area contributed by atoms with Gasteiger partial charge >= 0.3 is 0 Å². The van der Waals surface area contributed by atoms with E-state index in [1.54, 1.807) is 5.19 Å². The second-order valence-corrected chi connectivity index (χ2v) is 16.3. The minimum absolute atomic E-state index is 1.37. The van der Waals surface area contributed by atoms with E-state index >= 15 is 0 Å². The second kappa shape index (κ2) is 6.69. The molecule has 1 aromatic heterocycles. The zero-order valence-corrected chi connectivity index (χ0v) is 21.4. The highest BCUT2D eigenvalue weighted by Crippen LogP contribution is 2.52. The van der Waals surface area contributed by atoms with Crippen LogP contribution in [0.5, 0.6) is 0 Å². The smallest absolute Gasteiger partial charge is 0.200 e. The highest BCUT2D eigenvalue weighted by atomic mass is 32.2. The molecule has 32 heavy (non-hydrogen) atoms. The van der Waals surface area contributed by atoms with Gasteiger partial charge in [-0.2, -0.15) is 0 Å². The Hall–Kier alpha value is -2.62. The molecule has 0 radical (unpaired) electrons. The van der Waals surface area contributed by atoms with Crippen molar-refractivity contribution >= 4 is 57.3 Å². The Kier molecular flexibility index (Phi) is 4.19. The van der Waals surface area contributed by atoms with Crippen molar-refractivity contribution in [3.05, 3.63) is 71.9 Å². The van der Waals surface area contributed by atoms with Crippen molar-refractivity contribution < 1.29 is 4.57 Å². The van der Waals surface area contributed by atoms with Crippen LogP contribution in [0.15, 0.2) is 70.6 Å². The quantitative estimate of drug-likeness (QED) is 0.145. The standard InChI is InChI=1S/C29H28NSSi/c1-17-20-11-7-8-12-21(20)18(2)29-25(17)28-27-22(14-15-30(28)3)26-19(16-23(27)31-29)10-9-13-24(26)32(4,5)6/h7-16H,1-6H3/q+1. The lowest BCUT2D eigenvalue weighted by Crippen LogP contribution is -2.38. The van der Waals surface area contributed by atoms with Crippen LogP contribution < -0.4 is 9.75 Å². The van der Waals surface area contributed by atoms with E-state index in [4.69, 9.17) is 0 Å². The molecule has 2 heterocycles. The van der Waals surface area contributed by atoms with Crippen molar-refractivity contribution in [3.8, 4) is 11.3 Å². The molecule has 0 saturated heterocycles. The van der Waals surface area contributed by atoms with Crippen LogP contribution in [0.25, 0.3) is 43.6 Å². The Morgan fingerprint density at radius 2 is 1.50 bits per heavy atom. The van der Waals surface area contributed by atoms with Crippen molar-refractivity contribution in [2.45, 2.75) is 43.3 Å². The molecular formula is C29H28NSSi+. The number of nitrogens with zero attached hydrogens (tertiary/aromatic N) is 1. The molecule has 0 spiro atoms. The third-order valence-electron chi connectivity index (χ3n) is 7.16. The molecule has 0 fully saturated rings. The molecule has 1 aliphatic heterocycles. The predicted octanol–water partition coefficient (Wildman–Crippen LogP) is 7.26. The van der Waals surface area contributed by atoms with Crippen molar-refractivity contribution in [2.24, 2.45) is 7.05 Å². The summed E-state index contributed by atoms with van der Waals surface area (Å²) < 4.78 is 2.34. The van der Waals surface area contributed by atoms with E-state index in [0.29, 0.717) is 0 Å². The average Bonchev–Trinajstić information content (AvgIpc) is 2.77. The largest absolute Gasteiger partial charge is 0.222 e. The van der Waals surface area contributed by atoms with E-state index in [0.717, 1.165) is 0 Å². The molecular weight excluding hydrogens is 422 g/mol. The first-order valence-electron chi connectivity index (χ1n) is 11.4. The SMILES string of the molecule is Cc1c2c(c(C)c3ccccc13)-c1c3c(cc4cccc([Si](C)(C)C)c4c3cc[n+]1C)S2. The molecule has 0 N–H and O–H groups in total. The third-order valence-corrected chi connectivity index (χ3v) is 10.4. The van der Waals surface area contributed by atoms with Crippen molar-refractivity contribution in [1.29, 1.82) is 0 Å². The molecule has 6 rings (SSSR count). The van der Waals surface area contributed by atoms with Crippen LogP contribution in [-0.2, 0) is 7.05 Å². The van der Waals surface area contributed by atoms with Crippen LogP contribution in [0.1, 0.15) is 11.1 Å². The first-order valence-corrected chi connectivity index (χ1v) is 15.7. The fourth-order valence-corrected chi connectivity index (χ4v) is 8.55. The number of fused-ring (bicyclic) bond motifs is 5. The van der Waals surface area contributed by atoms with Gasteiger partial charge in [0.05, 0.1) is 19.0 Å². The minimum Gasteiger partial charge on any atom is -0.200 e. The summed E-state index contributed by atoms with van der Waals surface area (Å²) in [6, 6.07) is 20.6. The van der Waals surface area contributed by atoms with Gasteiger partial charge in [0.1, 0.15) is 7.05 Å². The number of benzene rings is 4. The fourth-order valence-electron chi connectivity index (χ4n) is 5.59. The Morgan fingerprint density at radius 3 is 2.22 bits per heavy atom. The first-order chi connectivity index (χ1) is 15.3. The van der Waals surface area contributed by atoms with E-state index in [1.165, 1.54) is 64.5 Å². The number of hydrogen-bond donors (Lipinski definition) is 0. The zero-order chi connectivity index (χ0) is 22.4. The molecule has 0 atom stereocenters. The van der Waals surface area contributed by atoms with E-state index < -0.39 is 8.07 Å². The molecule has 0 saturated carbocycles. The molecule has 0 unspecified atom stereocenters. The highest BCUT2D eigenvalue weighted by Gasteiger charge is 2.32. The normalized spacial score (nSPS) is 13.2. The van der Waals surface area contributed by atoms with E-state index in [1.807, 2.05) is 11.8 Å². The van der Waals surface area contributed by atoms with Crippen LogP contribution in [0.3, 0.4) is 0 Å². The van der Waals surface area contributed by atoms with Gasteiger partial charge in [-0.25, -0.2) is 4.57 Å². The molecule has 4 aromatic carbocycles. The summed E-state index contributed by atoms with van der Waals surface area (Å²) in [5.41, 5.74) is 5.56. The van der Waals surface area contributed by atoms with E-state index in [2.05, 4.69) is 106 Å². The lowest BCUT2D eigenvalue weighted by molar-refractivity contribution is -0.659. The van der Waals surface area contributed by atoms with Crippen LogP contribution in [-0.4, -0.2) is 8.07 Å². The topological polar surface area (TPSA) is 3.88 Å². The molecule has 0 aliphatic carbocycles. The van der Waals surface area contributed by atoms with Crippen LogP contribution in [0.2, 0.25) is 19.6 Å². The maximum Gasteiger partial charge on any atom is 0.222 e. The summed E-state index contributed by atoms with van der Waals surface area (Å²) in [6.07, 6.45) is 2.27. The predicted molar refractivity (Wildman–Crippen MR) is 142 cm³/mol. The number of rotatable bonds is 1. The fraction of sp³-hybridized carbons (Fsp3) is 0.207. The maximum atomic E-state index is 2.46. The Morgan fingerprint density at radius 1 is 0.781 bits per heavy atom. The van der Waals surface area contributed by atoms with Gasteiger partial charge in [-0.3, -0.25) is 0 Å². The van der Waals surface area contributed by atoms with Gasteiger partial charge in [-0.1, -0.05) is 79.1 Å². The van der Waals surface area contributed by atoms with Gasteiger partial charge in [0, 0.05) is 21.2 Å². The van der Waals surface area contributed by atoms with Crippen LogP contribution in [0.4, 0.5) is 0 Å². The summed E-state index contributed by atoms with van der Waals surface area (Å²) in [5, 5.41) is 9.97. The van der Waals surface area contributed by atoms with Gasteiger partial charge in [-0.15, -0.1) is 0 Å². The highest BCUT2D eigenvalue weighted by molar-refractivity contribution is 8.00. The molecule has 0 amide bonds. The molecule has 3 heteroatoms. The summed E-state index contributed by atoms with van der Waals surface area (Å²) in [5.74, 6) is 0. The molecule has 1 nitrogen and oxygen atoms in total. The van der Waals surface area contributed by atoms with Gasteiger partial charge in [-0.05, 0) is 52.6 Å². The summed E-state index contributed by atoms with van der Waals surface area (Å²) in [4.78, 5) is 2.80. The number of hydrogen-bond acceptors (Lipinski definition) is 1. The summed E-state index contributed by atoms with van der Waals surface area (Å²) in [7, 11) is 0.708. The van der Waals surface area contributed by atoms with Gasteiger partial charge < -0.3 is 0 Å². The van der Waals surface area contributed by atoms with Crippen molar-refractivity contribution in [2.75, 3.05) is 0 Å². The van der Waals surface area contributed by atoms with E-state index in [-0.39, 0.29) is 0 Å². The Balaban J connectivity index is 1.85. The summed E-state index contributed by atoms with van der Waals surface area (Å²) in [6.45, 7) is 12.0. The van der Waals surface area contributed by atoms with Gasteiger partial charge in [0.2, 0.25) is 5.69 Å². The zero-order valence-electron chi connectivity index (χ0n) is 19.6. The van der Waals surface area contributed by atoms with E-state index in [9.17, 15) is 0 Å².